The molecule has 0 aliphatic rings. The van der Waals surface area contributed by atoms with E-state index >= 15 is 0 Å². The van der Waals surface area contributed by atoms with Crippen molar-refractivity contribution in [3.63, 3.8) is 0 Å². The van der Waals surface area contributed by atoms with Crippen molar-refractivity contribution in [2.45, 2.75) is 0 Å². The van der Waals surface area contributed by atoms with Gasteiger partial charge in [-0.15, -0.1) is 0 Å². The molecule has 0 spiro atoms. The highest BCUT2D eigenvalue weighted by Gasteiger charge is 1.99. The smallest absolute Gasteiger partial charge is 0.0575 e. The molecule has 1 aromatic carbocycles. The number of hydrogen-bond donors (Lipinski definition) is 2. The van der Waals surface area contributed by atoms with Crippen LogP contribution in [0.4, 0.5) is 11.4 Å². The Bertz CT molecular complexity index is 344. The lowest BCUT2D eigenvalue weighted by atomic mass is 10.3. The van der Waals surface area contributed by atoms with Crippen LogP contribution in [0.25, 0.3) is 0 Å². The van der Waals surface area contributed by atoms with E-state index in [2.05, 4.69) is 5.32 Å². The van der Waals surface area contributed by atoms with Crippen molar-refractivity contribution in [1.29, 1.82) is 0 Å². The third-order valence-electron chi connectivity index (χ3n) is 1.72. The molecule has 0 fully saturated rings. The van der Waals surface area contributed by atoms with Gasteiger partial charge in [-0.05, 0) is 18.2 Å². The Labute approximate surface area is 91.1 Å². The van der Waals surface area contributed by atoms with Crippen LogP contribution in [0.3, 0.4) is 0 Å². The van der Waals surface area contributed by atoms with Crippen LogP contribution >= 0.6 is 11.6 Å². The minimum atomic E-state index is -0.780. The van der Waals surface area contributed by atoms with Crippen molar-refractivity contribution in [2.24, 2.45) is 0 Å². The average molecular weight is 233 g/mol. The van der Waals surface area contributed by atoms with Crippen molar-refractivity contribution in [1.82, 2.24) is 0 Å². The van der Waals surface area contributed by atoms with Crippen LogP contribution in [0.2, 0.25) is 5.02 Å². The Balaban J connectivity index is 2.55. The van der Waals surface area contributed by atoms with E-state index in [1.54, 1.807) is 18.4 Å². The fraction of sp³-hybridized carbons (Fsp3) is 0.333. The van der Waals surface area contributed by atoms with E-state index in [0.29, 0.717) is 23.0 Å². The quantitative estimate of drug-likeness (QED) is 0.778. The summed E-state index contributed by atoms with van der Waals surface area (Å²) >= 11 is 5.75. The molecule has 78 valence electrons. The summed E-state index contributed by atoms with van der Waals surface area (Å²) in [5, 5.41) is 3.71. The molecule has 0 aliphatic heterocycles. The van der Waals surface area contributed by atoms with Crippen LogP contribution in [-0.2, 0) is 10.8 Å². The average Bonchev–Trinajstić information content (AvgIpc) is 2.08. The first-order valence-corrected chi connectivity index (χ1v) is 6.29. The number of benzene rings is 1. The number of nitrogens with two attached hydrogens (primary N) is 1. The van der Waals surface area contributed by atoms with E-state index in [-0.39, 0.29) is 0 Å². The van der Waals surface area contributed by atoms with Gasteiger partial charge < -0.3 is 11.1 Å². The van der Waals surface area contributed by atoms with Crippen molar-refractivity contribution in [3.05, 3.63) is 23.2 Å². The number of halogens is 1. The van der Waals surface area contributed by atoms with Gasteiger partial charge in [-0.2, -0.15) is 0 Å². The van der Waals surface area contributed by atoms with E-state index in [1.807, 2.05) is 6.07 Å². The Morgan fingerprint density at radius 3 is 2.86 bits per heavy atom. The number of hydrogen-bond acceptors (Lipinski definition) is 3. The minimum absolute atomic E-state index is 0.611. The molecule has 3 N–H and O–H groups in total. The molecule has 0 saturated heterocycles. The van der Waals surface area contributed by atoms with Crippen LogP contribution in [-0.4, -0.2) is 22.8 Å². The standard InChI is InChI=1S/C9H13ClN2OS/c1-14(13)5-4-12-9-3-2-7(10)6-8(9)11/h2-3,6,12H,4-5,11H2,1H3. The van der Waals surface area contributed by atoms with Crippen molar-refractivity contribution in [2.75, 3.05) is 29.6 Å². The third kappa shape index (κ3) is 3.55. The van der Waals surface area contributed by atoms with Gasteiger partial charge in [0.25, 0.3) is 0 Å². The highest BCUT2D eigenvalue weighted by Crippen LogP contribution is 2.22. The summed E-state index contributed by atoms with van der Waals surface area (Å²) in [7, 11) is -0.780. The molecule has 0 radical (unpaired) electrons. The number of anilines is 2. The van der Waals surface area contributed by atoms with Crippen molar-refractivity contribution < 1.29 is 4.21 Å². The predicted molar refractivity (Wildman–Crippen MR) is 63.3 cm³/mol. The topological polar surface area (TPSA) is 55.1 Å². The first kappa shape index (κ1) is 11.3. The first-order chi connectivity index (χ1) is 6.59. The molecule has 3 nitrogen and oxygen atoms in total. The van der Waals surface area contributed by atoms with E-state index in [0.717, 1.165) is 5.69 Å². The first-order valence-electron chi connectivity index (χ1n) is 4.18. The van der Waals surface area contributed by atoms with E-state index < -0.39 is 10.8 Å². The molecule has 0 amide bonds. The van der Waals surface area contributed by atoms with Crippen molar-refractivity contribution in [3.8, 4) is 0 Å². The fourth-order valence-electron chi connectivity index (χ4n) is 1.02. The number of nitrogens with one attached hydrogen (secondary N) is 1. The Morgan fingerprint density at radius 2 is 2.29 bits per heavy atom. The number of rotatable bonds is 4. The van der Waals surface area contributed by atoms with Gasteiger partial charge in [-0.3, -0.25) is 4.21 Å². The van der Waals surface area contributed by atoms with Crippen LogP contribution in [0.5, 0.6) is 0 Å². The summed E-state index contributed by atoms with van der Waals surface area (Å²) in [4.78, 5) is 0. The second-order valence-electron chi connectivity index (χ2n) is 2.94. The van der Waals surface area contributed by atoms with Gasteiger partial charge in [-0.25, -0.2) is 0 Å². The molecular formula is C9H13ClN2OS. The molecule has 5 heteroatoms. The van der Waals surface area contributed by atoms with Crippen LogP contribution in [0, 0.1) is 0 Å². The molecule has 0 heterocycles. The van der Waals surface area contributed by atoms with Crippen molar-refractivity contribution >= 4 is 33.8 Å². The molecule has 1 atom stereocenters. The summed E-state index contributed by atoms with van der Waals surface area (Å²) < 4.78 is 10.8. The third-order valence-corrected chi connectivity index (χ3v) is 2.73. The normalized spacial score (nSPS) is 12.4. The Morgan fingerprint density at radius 1 is 1.57 bits per heavy atom. The molecule has 1 unspecified atom stereocenters. The maximum absolute atomic E-state index is 10.8. The highest BCUT2D eigenvalue weighted by molar-refractivity contribution is 7.84. The molecule has 1 rings (SSSR count). The zero-order valence-electron chi connectivity index (χ0n) is 7.92. The van der Waals surface area contributed by atoms with E-state index in [9.17, 15) is 4.21 Å². The molecular weight excluding hydrogens is 220 g/mol. The van der Waals surface area contributed by atoms with Crippen LogP contribution in [0.1, 0.15) is 0 Å². The SMILES string of the molecule is CS(=O)CCNc1ccc(Cl)cc1N. The predicted octanol–water partition coefficient (Wildman–Crippen LogP) is 1.71. The molecule has 0 saturated carbocycles. The Kier molecular flexibility index (Phi) is 4.22. The van der Waals surface area contributed by atoms with Gasteiger partial charge in [0.15, 0.2) is 0 Å². The summed E-state index contributed by atoms with van der Waals surface area (Å²) in [6.07, 6.45) is 1.67. The second-order valence-corrected chi connectivity index (χ2v) is 4.93. The van der Waals surface area contributed by atoms with Gasteiger partial charge in [0, 0.05) is 34.4 Å². The maximum atomic E-state index is 10.8. The largest absolute Gasteiger partial charge is 0.397 e. The van der Waals surface area contributed by atoms with Crippen LogP contribution in [0.15, 0.2) is 18.2 Å². The molecule has 0 bridgehead atoms. The zero-order valence-corrected chi connectivity index (χ0v) is 9.49. The summed E-state index contributed by atoms with van der Waals surface area (Å²) in [5.74, 6) is 0.613. The van der Waals surface area contributed by atoms with E-state index in [4.69, 9.17) is 17.3 Å². The summed E-state index contributed by atoms with van der Waals surface area (Å²) in [5.41, 5.74) is 7.16. The Hall–Kier alpha value is -0.740. The minimum Gasteiger partial charge on any atom is -0.397 e. The number of nitrogen functional groups attached to an aromatic ring is 1. The molecule has 1 aromatic rings. The summed E-state index contributed by atoms with van der Waals surface area (Å²) in [6.45, 7) is 0.648. The van der Waals surface area contributed by atoms with E-state index in [1.165, 1.54) is 0 Å². The lowest BCUT2D eigenvalue weighted by Gasteiger charge is -2.08. The second kappa shape index (κ2) is 5.22. The monoisotopic (exact) mass is 232 g/mol. The molecule has 14 heavy (non-hydrogen) atoms. The molecule has 0 aliphatic carbocycles. The molecule has 0 aromatic heterocycles. The van der Waals surface area contributed by atoms with Crippen LogP contribution < -0.4 is 11.1 Å². The lowest BCUT2D eigenvalue weighted by Crippen LogP contribution is -2.10. The fourth-order valence-corrected chi connectivity index (χ4v) is 1.59. The van der Waals surface area contributed by atoms with Gasteiger partial charge in [-0.1, -0.05) is 11.6 Å². The van der Waals surface area contributed by atoms with Gasteiger partial charge >= 0.3 is 0 Å². The zero-order chi connectivity index (χ0) is 10.6. The summed E-state index contributed by atoms with van der Waals surface area (Å²) in [6, 6.07) is 5.27. The maximum Gasteiger partial charge on any atom is 0.0575 e. The van der Waals surface area contributed by atoms with Gasteiger partial charge in [0.05, 0.1) is 11.4 Å². The highest BCUT2D eigenvalue weighted by atomic mass is 35.5. The lowest BCUT2D eigenvalue weighted by molar-refractivity contribution is 0.687. The van der Waals surface area contributed by atoms with Gasteiger partial charge in [0.1, 0.15) is 0 Å². The van der Waals surface area contributed by atoms with Gasteiger partial charge in [0.2, 0.25) is 0 Å².